The van der Waals surface area contributed by atoms with Gasteiger partial charge in [-0.3, -0.25) is 0 Å². The van der Waals surface area contributed by atoms with E-state index in [1.54, 1.807) is 23.5 Å². The Bertz CT molecular complexity index is 795. The SMILES string of the molecule is Nc1c(Nc2ccc3sccc3c2)cccc1C(=O)O. The van der Waals surface area contributed by atoms with Crippen molar-refractivity contribution < 1.29 is 9.90 Å². The Balaban J connectivity index is 1.98. The van der Waals surface area contributed by atoms with Crippen molar-refractivity contribution >= 4 is 44.5 Å². The van der Waals surface area contributed by atoms with Gasteiger partial charge in [0.15, 0.2) is 0 Å². The summed E-state index contributed by atoms with van der Waals surface area (Å²) in [6.45, 7) is 0. The Morgan fingerprint density at radius 1 is 1.20 bits per heavy atom. The zero-order chi connectivity index (χ0) is 14.1. The number of carboxylic acids is 1. The van der Waals surface area contributed by atoms with Crippen molar-refractivity contribution in [3.8, 4) is 0 Å². The predicted octanol–water partition coefficient (Wildman–Crippen LogP) is 3.93. The highest BCUT2D eigenvalue weighted by Gasteiger charge is 2.11. The minimum absolute atomic E-state index is 0.103. The minimum Gasteiger partial charge on any atom is -0.478 e. The van der Waals surface area contributed by atoms with Gasteiger partial charge < -0.3 is 16.2 Å². The fourth-order valence-electron chi connectivity index (χ4n) is 2.06. The van der Waals surface area contributed by atoms with Crippen LogP contribution >= 0.6 is 11.3 Å². The number of hydrogen-bond donors (Lipinski definition) is 3. The molecule has 0 unspecified atom stereocenters. The topological polar surface area (TPSA) is 75.3 Å². The molecular weight excluding hydrogens is 272 g/mol. The first-order valence-electron chi connectivity index (χ1n) is 6.01. The number of hydrogen-bond acceptors (Lipinski definition) is 4. The summed E-state index contributed by atoms with van der Waals surface area (Å²) in [7, 11) is 0. The number of rotatable bonds is 3. The molecule has 4 nitrogen and oxygen atoms in total. The second kappa shape index (κ2) is 4.86. The number of anilines is 3. The molecule has 0 spiro atoms. The number of aromatic carboxylic acids is 1. The van der Waals surface area contributed by atoms with Gasteiger partial charge in [-0.15, -0.1) is 11.3 Å². The van der Waals surface area contributed by atoms with Crippen LogP contribution in [0.4, 0.5) is 17.1 Å². The summed E-state index contributed by atoms with van der Waals surface area (Å²) in [6.07, 6.45) is 0. The highest BCUT2D eigenvalue weighted by molar-refractivity contribution is 7.17. The van der Waals surface area contributed by atoms with Crippen molar-refractivity contribution in [3.05, 3.63) is 53.4 Å². The van der Waals surface area contributed by atoms with Crippen LogP contribution in [0.15, 0.2) is 47.8 Å². The van der Waals surface area contributed by atoms with Crippen LogP contribution in [-0.2, 0) is 0 Å². The molecule has 0 radical (unpaired) electrons. The van der Waals surface area contributed by atoms with Gasteiger partial charge in [0, 0.05) is 10.4 Å². The van der Waals surface area contributed by atoms with Gasteiger partial charge >= 0.3 is 5.97 Å². The predicted molar refractivity (Wildman–Crippen MR) is 82.9 cm³/mol. The van der Waals surface area contributed by atoms with E-state index in [1.807, 2.05) is 29.6 Å². The standard InChI is InChI=1S/C15H12N2O2S/c16-14-11(15(18)19)2-1-3-12(14)17-10-4-5-13-9(8-10)6-7-20-13/h1-8,17H,16H2,(H,18,19). The fourth-order valence-corrected chi connectivity index (χ4v) is 2.83. The summed E-state index contributed by atoms with van der Waals surface area (Å²) in [6, 6.07) is 13.0. The van der Waals surface area contributed by atoms with Crippen LogP contribution in [0.25, 0.3) is 10.1 Å². The molecule has 3 aromatic rings. The second-order valence-electron chi connectivity index (χ2n) is 4.37. The Hall–Kier alpha value is -2.53. The third-order valence-electron chi connectivity index (χ3n) is 3.07. The fraction of sp³-hybridized carbons (Fsp3) is 0. The van der Waals surface area contributed by atoms with E-state index in [1.165, 1.54) is 10.8 Å². The Morgan fingerprint density at radius 2 is 2.05 bits per heavy atom. The number of nitrogen functional groups attached to an aromatic ring is 1. The second-order valence-corrected chi connectivity index (χ2v) is 5.32. The summed E-state index contributed by atoms with van der Waals surface area (Å²) >= 11 is 1.68. The minimum atomic E-state index is -1.03. The van der Waals surface area contributed by atoms with Crippen molar-refractivity contribution in [2.75, 3.05) is 11.1 Å². The molecule has 0 aliphatic carbocycles. The van der Waals surface area contributed by atoms with Crippen molar-refractivity contribution in [2.45, 2.75) is 0 Å². The Labute approximate surface area is 119 Å². The summed E-state index contributed by atoms with van der Waals surface area (Å²) in [4.78, 5) is 11.1. The maximum absolute atomic E-state index is 11.1. The quantitative estimate of drug-likeness (QED) is 0.637. The first-order valence-corrected chi connectivity index (χ1v) is 6.89. The molecule has 5 heteroatoms. The molecule has 1 aromatic heterocycles. The third kappa shape index (κ3) is 2.19. The van der Waals surface area contributed by atoms with Crippen molar-refractivity contribution in [1.82, 2.24) is 0 Å². The van der Waals surface area contributed by atoms with E-state index in [9.17, 15) is 4.79 Å². The van der Waals surface area contributed by atoms with Gasteiger partial charge in [0.05, 0.1) is 16.9 Å². The molecule has 4 N–H and O–H groups in total. The molecule has 0 saturated heterocycles. The van der Waals surface area contributed by atoms with Gasteiger partial charge in [0.2, 0.25) is 0 Å². The van der Waals surface area contributed by atoms with Gasteiger partial charge in [-0.1, -0.05) is 6.07 Å². The summed E-state index contributed by atoms with van der Waals surface area (Å²) in [5, 5.41) is 15.4. The van der Waals surface area contributed by atoms with Crippen LogP contribution in [-0.4, -0.2) is 11.1 Å². The van der Waals surface area contributed by atoms with Gasteiger partial charge in [-0.05, 0) is 47.2 Å². The molecule has 3 rings (SSSR count). The summed E-state index contributed by atoms with van der Waals surface area (Å²) in [5.74, 6) is -1.03. The molecule has 0 fully saturated rings. The largest absolute Gasteiger partial charge is 0.478 e. The molecule has 20 heavy (non-hydrogen) atoms. The maximum Gasteiger partial charge on any atom is 0.337 e. The number of thiophene rings is 1. The third-order valence-corrected chi connectivity index (χ3v) is 3.97. The zero-order valence-corrected chi connectivity index (χ0v) is 11.3. The molecule has 1 heterocycles. The normalized spacial score (nSPS) is 10.6. The van der Waals surface area contributed by atoms with Gasteiger partial charge in [0.25, 0.3) is 0 Å². The van der Waals surface area contributed by atoms with Crippen molar-refractivity contribution in [1.29, 1.82) is 0 Å². The molecule has 0 aliphatic heterocycles. The van der Waals surface area contributed by atoms with E-state index in [2.05, 4.69) is 5.32 Å². The molecule has 0 amide bonds. The van der Waals surface area contributed by atoms with E-state index in [0.29, 0.717) is 5.69 Å². The number of carbonyl (C=O) groups is 1. The van der Waals surface area contributed by atoms with Crippen LogP contribution in [0.1, 0.15) is 10.4 Å². The van der Waals surface area contributed by atoms with Crippen LogP contribution < -0.4 is 11.1 Å². The Kier molecular flexibility index (Phi) is 3.04. The number of fused-ring (bicyclic) bond motifs is 1. The smallest absolute Gasteiger partial charge is 0.337 e. The number of nitrogens with two attached hydrogens (primary N) is 1. The first-order chi connectivity index (χ1) is 9.65. The van der Waals surface area contributed by atoms with E-state index >= 15 is 0 Å². The zero-order valence-electron chi connectivity index (χ0n) is 10.5. The number of nitrogens with one attached hydrogen (secondary N) is 1. The average Bonchev–Trinajstić information content (AvgIpc) is 2.88. The lowest BCUT2D eigenvalue weighted by Crippen LogP contribution is -2.05. The van der Waals surface area contributed by atoms with Crippen LogP contribution in [0.2, 0.25) is 0 Å². The monoisotopic (exact) mass is 284 g/mol. The molecule has 100 valence electrons. The molecule has 0 atom stereocenters. The lowest BCUT2D eigenvalue weighted by molar-refractivity contribution is 0.0698. The first kappa shape index (κ1) is 12.5. The Morgan fingerprint density at radius 3 is 2.85 bits per heavy atom. The molecule has 0 bridgehead atoms. The van der Waals surface area contributed by atoms with Crippen molar-refractivity contribution in [3.63, 3.8) is 0 Å². The summed E-state index contributed by atoms with van der Waals surface area (Å²) in [5.41, 5.74) is 7.70. The van der Waals surface area contributed by atoms with Crippen LogP contribution in [0, 0.1) is 0 Å². The van der Waals surface area contributed by atoms with Gasteiger partial charge in [-0.2, -0.15) is 0 Å². The van der Waals surface area contributed by atoms with E-state index in [0.717, 1.165) is 11.1 Å². The number of carboxylic acid groups (broad SMARTS) is 1. The molecule has 0 saturated carbocycles. The van der Waals surface area contributed by atoms with Crippen LogP contribution in [0.3, 0.4) is 0 Å². The lowest BCUT2D eigenvalue weighted by Gasteiger charge is -2.11. The highest BCUT2D eigenvalue weighted by atomic mass is 32.1. The average molecular weight is 284 g/mol. The molecule has 2 aromatic carbocycles. The number of para-hydroxylation sites is 1. The van der Waals surface area contributed by atoms with Crippen LogP contribution in [0.5, 0.6) is 0 Å². The van der Waals surface area contributed by atoms with E-state index in [-0.39, 0.29) is 11.3 Å². The van der Waals surface area contributed by atoms with E-state index < -0.39 is 5.97 Å². The molecular formula is C15H12N2O2S. The van der Waals surface area contributed by atoms with Gasteiger partial charge in [0.1, 0.15) is 0 Å². The lowest BCUT2D eigenvalue weighted by atomic mass is 10.1. The summed E-state index contributed by atoms with van der Waals surface area (Å²) < 4.78 is 1.21. The molecule has 0 aliphatic rings. The van der Waals surface area contributed by atoms with Gasteiger partial charge in [-0.25, -0.2) is 4.79 Å². The van der Waals surface area contributed by atoms with E-state index in [4.69, 9.17) is 10.8 Å². The van der Waals surface area contributed by atoms with Crippen molar-refractivity contribution in [2.24, 2.45) is 0 Å². The maximum atomic E-state index is 11.1. The highest BCUT2D eigenvalue weighted by Crippen LogP contribution is 2.29. The number of benzene rings is 2.